The predicted octanol–water partition coefficient (Wildman–Crippen LogP) is -0.293. The maximum atomic E-state index is 12.4. The van der Waals surface area contributed by atoms with E-state index in [9.17, 15) is 24.6 Å². The minimum absolute atomic E-state index is 0.0137. The number of rotatable bonds is 7. The molecule has 0 aromatic heterocycles. The largest absolute Gasteiger partial charge is 0.479 e. The fourth-order valence-corrected chi connectivity index (χ4v) is 2.73. The number of ether oxygens (including phenoxy) is 3. The van der Waals surface area contributed by atoms with Crippen molar-refractivity contribution in [2.75, 3.05) is 27.9 Å². The van der Waals surface area contributed by atoms with Crippen molar-refractivity contribution in [3.63, 3.8) is 0 Å². The van der Waals surface area contributed by atoms with Gasteiger partial charge in [-0.05, 0) is 13.8 Å². The first-order valence-electron chi connectivity index (χ1n) is 6.74. The molecule has 0 aromatic rings. The van der Waals surface area contributed by atoms with Gasteiger partial charge in [0.25, 0.3) is 0 Å². The molecule has 9 nitrogen and oxygen atoms in total. The summed E-state index contributed by atoms with van der Waals surface area (Å²) >= 11 is 0. The van der Waals surface area contributed by atoms with Gasteiger partial charge in [0.05, 0.1) is 6.54 Å². The standard InChI is InChI=1S/C14H21NO8/c1-7-9(12(17)18)10(16)11(23-5)14(2,13(19)20)15(7)6-8(21-3)22-4/h8,11H,6H2,1-5H3,(H,17,18)(H,19,20). The summed E-state index contributed by atoms with van der Waals surface area (Å²) in [6, 6.07) is 0. The number of allylic oxidation sites excluding steroid dienone is 1. The summed E-state index contributed by atoms with van der Waals surface area (Å²) in [4.78, 5) is 36.9. The summed E-state index contributed by atoms with van der Waals surface area (Å²) in [6.45, 7) is 2.58. The number of methoxy groups -OCH3 is 3. The second-order valence-corrected chi connectivity index (χ2v) is 5.21. The molecule has 23 heavy (non-hydrogen) atoms. The molecule has 0 amide bonds. The Morgan fingerprint density at radius 2 is 1.78 bits per heavy atom. The van der Waals surface area contributed by atoms with E-state index in [0.717, 1.165) is 7.11 Å². The van der Waals surface area contributed by atoms with Crippen molar-refractivity contribution in [2.24, 2.45) is 0 Å². The van der Waals surface area contributed by atoms with Gasteiger partial charge in [0.1, 0.15) is 5.57 Å². The molecular weight excluding hydrogens is 310 g/mol. The van der Waals surface area contributed by atoms with Crippen LogP contribution in [0.2, 0.25) is 0 Å². The number of carboxylic acids is 2. The number of hydrogen-bond donors (Lipinski definition) is 2. The van der Waals surface area contributed by atoms with Gasteiger partial charge in [-0.15, -0.1) is 0 Å². The molecule has 0 aliphatic carbocycles. The normalized spacial score (nSPS) is 25.2. The van der Waals surface area contributed by atoms with Gasteiger partial charge >= 0.3 is 11.9 Å². The van der Waals surface area contributed by atoms with E-state index in [1.807, 2.05) is 0 Å². The van der Waals surface area contributed by atoms with Crippen LogP contribution in [0.15, 0.2) is 11.3 Å². The molecule has 2 unspecified atom stereocenters. The molecule has 130 valence electrons. The van der Waals surface area contributed by atoms with E-state index in [4.69, 9.17) is 14.2 Å². The molecule has 0 saturated carbocycles. The van der Waals surface area contributed by atoms with E-state index in [1.54, 1.807) is 0 Å². The van der Waals surface area contributed by atoms with Gasteiger partial charge in [-0.3, -0.25) is 4.79 Å². The molecule has 0 spiro atoms. The lowest BCUT2D eigenvalue weighted by Crippen LogP contribution is -2.67. The number of carboxylic acid groups (broad SMARTS) is 2. The molecular formula is C14H21NO8. The third-order valence-corrected chi connectivity index (χ3v) is 4.06. The van der Waals surface area contributed by atoms with E-state index in [-0.39, 0.29) is 12.2 Å². The fourth-order valence-electron chi connectivity index (χ4n) is 2.73. The van der Waals surface area contributed by atoms with Gasteiger partial charge in [-0.2, -0.15) is 0 Å². The maximum absolute atomic E-state index is 12.4. The average molecular weight is 331 g/mol. The third-order valence-electron chi connectivity index (χ3n) is 4.06. The van der Waals surface area contributed by atoms with E-state index in [0.29, 0.717) is 0 Å². The summed E-state index contributed by atoms with van der Waals surface area (Å²) in [5.41, 5.74) is -2.30. The Labute approximate surface area is 133 Å². The first kappa shape index (κ1) is 19.1. The van der Waals surface area contributed by atoms with E-state index < -0.39 is 41.2 Å². The monoisotopic (exact) mass is 331 g/mol. The highest BCUT2D eigenvalue weighted by atomic mass is 16.7. The topological polar surface area (TPSA) is 123 Å². The van der Waals surface area contributed by atoms with Crippen molar-refractivity contribution in [2.45, 2.75) is 31.8 Å². The number of aliphatic carboxylic acids is 2. The van der Waals surface area contributed by atoms with Crippen LogP contribution in [0.25, 0.3) is 0 Å². The van der Waals surface area contributed by atoms with Crippen LogP contribution in [0.4, 0.5) is 0 Å². The van der Waals surface area contributed by atoms with Crippen molar-refractivity contribution >= 4 is 17.7 Å². The number of nitrogens with zero attached hydrogens (tertiary/aromatic N) is 1. The molecule has 2 N–H and O–H groups in total. The quantitative estimate of drug-likeness (QED) is 0.478. The van der Waals surface area contributed by atoms with Crippen molar-refractivity contribution in [3.05, 3.63) is 11.3 Å². The van der Waals surface area contributed by atoms with Crippen molar-refractivity contribution in [3.8, 4) is 0 Å². The fraction of sp³-hybridized carbons (Fsp3) is 0.643. The van der Waals surface area contributed by atoms with Gasteiger partial charge in [0.15, 0.2) is 17.9 Å². The van der Waals surface area contributed by atoms with Crippen LogP contribution in [0.1, 0.15) is 13.8 Å². The van der Waals surface area contributed by atoms with Crippen LogP contribution >= 0.6 is 0 Å². The highest BCUT2D eigenvalue weighted by Crippen LogP contribution is 2.35. The Kier molecular flexibility index (Phi) is 5.86. The van der Waals surface area contributed by atoms with Crippen molar-refractivity contribution in [1.82, 2.24) is 4.90 Å². The van der Waals surface area contributed by atoms with Crippen molar-refractivity contribution in [1.29, 1.82) is 0 Å². The maximum Gasteiger partial charge on any atom is 0.341 e. The second kappa shape index (κ2) is 7.07. The third kappa shape index (κ3) is 3.07. The number of ketones is 1. The zero-order chi connectivity index (χ0) is 17.9. The summed E-state index contributed by atoms with van der Waals surface area (Å²) in [5, 5.41) is 19.0. The van der Waals surface area contributed by atoms with Crippen LogP contribution in [-0.4, -0.2) is 78.6 Å². The molecule has 1 rings (SSSR count). The predicted molar refractivity (Wildman–Crippen MR) is 76.7 cm³/mol. The Hall–Kier alpha value is -1.97. The van der Waals surface area contributed by atoms with E-state index in [2.05, 4.69) is 0 Å². The van der Waals surface area contributed by atoms with Crippen molar-refractivity contribution < 1.29 is 38.8 Å². The Morgan fingerprint density at radius 1 is 1.26 bits per heavy atom. The number of carbonyl (C=O) groups is 3. The minimum atomic E-state index is -1.80. The zero-order valence-electron chi connectivity index (χ0n) is 13.7. The van der Waals surface area contributed by atoms with Crippen LogP contribution in [0, 0.1) is 0 Å². The Morgan fingerprint density at radius 3 is 2.13 bits per heavy atom. The van der Waals surface area contributed by atoms with Crippen LogP contribution in [0.3, 0.4) is 0 Å². The lowest BCUT2D eigenvalue weighted by atomic mass is 9.81. The molecule has 0 aromatic carbocycles. The van der Waals surface area contributed by atoms with E-state index >= 15 is 0 Å². The molecule has 0 radical (unpaired) electrons. The lowest BCUT2D eigenvalue weighted by Gasteiger charge is -2.47. The summed E-state index contributed by atoms with van der Waals surface area (Å²) in [6.07, 6.45) is -2.30. The summed E-state index contributed by atoms with van der Waals surface area (Å²) in [5.74, 6) is -3.66. The Balaban J connectivity index is 3.56. The molecule has 1 aliphatic rings. The molecule has 0 bridgehead atoms. The SMILES string of the molecule is COC(CN1C(C)=C(C(=O)O)C(=O)C(OC)C1(C)C(=O)O)OC. The Bertz CT molecular complexity index is 539. The number of Topliss-reactive ketones (excluding diaryl/α,β-unsaturated/α-hetero) is 1. The smallest absolute Gasteiger partial charge is 0.341 e. The molecule has 1 aliphatic heterocycles. The van der Waals surface area contributed by atoms with Gasteiger partial charge in [0, 0.05) is 27.0 Å². The highest BCUT2D eigenvalue weighted by Gasteiger charge is 2.56. The molecule has 1 heterocycles. The molecule has 0 saturated heterocycles. The summed E-state index contributed by atoms with van der Waals surface area (Å²) in [7, 11) is 3.89. The number of carbonyl (C=O) groups excluding carboxylic acids is 1. The minimum Gasteiger partial charge on any atom is -0.479 e. The van der Waals surface area contributed by atoms with Crippen LogP contribution < -0.4 is 0 Å². The molecule has 2 atom stereocenters. The zero-order valence-corrected chi connectivity index (χ0v) is 13.7. The molecule has 0 fully saturated rings. The average Bonchev–Trinajstić information content (AvgIpc) is 2.47. The first-order valence-corrected chi connectivity index (χ1v) is 6.74. The summed E-state index contributed by atoms with van der Waals surface area (Å²) < 4.78 is 15.2. The van der Waals surface area contributed by atoms with Crippen LogP contribution in [-0.2, 0) is 28.6 Å². The van der Waals surface area contributed by atoms with Gasteiger partial charge in [-0.25, -0.2) is 9.59 Å². The number of hydrogen-bond acceptors (Lipinski definition) is 7. The first-order chi connectivity index (χ1) is 10.7. The van der Waals surface area contributed by atoms with Crippen LogP contribution in [0.5, 0.6) is 0 Å². The van der Waals surface area contributed by atoms with Gasteiger partial charge in [0.2, 0.25) is 5.78 Å². The molecule has 9 heteroatoms. The van der Waals surface area contributed by atoms with Gasteiger partial charge in [-0.1, -0.05) is 0 Å². The van der Waals surface area contributed by atoms with Gasteiger partial charge < -0.3 is 29.3 Å². The van der Waals surface area contributed by atoms with E-state index in [1.165, 1.54) is 33.0 Å². The highest BCUT2D eigenvalue weighted by molar-refractivity contribution is 6.21. The second-order valence-electron chi connectivity index (χ2n) is 5.21. The lowest BCUT2D eigenvalue weighted by molar-refractivity contribution is -0.175.